The van der Waals surface area contributed by atoms with E-state index in [9.17, 15) is 0 Å². The third kappa shape index (κ3) is 15.0. The first-order valence-electron chi connectivity index (χ1n) is 18.6. The summed E-state index contributed by atoms with van der Waals surface area (Å²) in [5.74, 6) is 2.33. The summed E-state index contributed by atoms with van der Waals surface area (Å²) >= 11 is 0. The topological polar surface area (TPSA) is 60.9 Å². The van der Waals surface area contributed by atoms with Gasteiger partial charge < -0.3 is 10.6 Å². The first-order chi connectivity index (χ1) is 26.0. The maximum Gasteiger partial charge on any atom is 0.243 e. The van der Waals surface area contributed by atoms with Crippen molar-refractivity contribution in [1.29, 1.82) is 0 Å². The van der Waals surface area contributed by atoms with Crippen LogP contribution in [0.4, 0.5) is 11.4 Å². The van der Waals surface area contributed by atoms with Gasteiger partial charge in [0.1, 0.15) is 38.0 Å². The van der Waals surface area contributed by atoms with Crippen molar-refractivity contribution in [2.24, 2.45) is 7.05 Å². The van der Waals surface area contributed by atoms with E-state index in [1.165, 1.54) is 44.3 Å². The lowest BCUT2D eigenvalue weighted by Crippen LogP contribution is -2.98. The molecule has 0 saturated carbocycles. The number of quaternary nitrogens is 1. The summed E-state index contributed by atoms with van der Waals surface area (Å²) in [5, 5.41) is 6.99. The number of nitrogens with one attached hydrogen (secondary N) is 4. The van der Waals surface area contributed by atoms with E-state index in [1.54, 1.807) is 0 Å². The number of hydrogen-bond donors (Lipinski definition) is 4. The summed E-state index contributed by atoms with van der Waals surface area (Å²) in [6, 6.07) is 21.4. The fourth-order valence-corrected chi connectivity index (χ4v) is 7.21. The van der Waals surface area contributed by atoms with E-state index in [2.05, 4.69) is 184 Å². The predicted octanol–water partition coefficient (Wildman–Crippen LogP) is 6.42. The van der Waals surface area contributed by atoms with Crippen LogP contribution in [0.25, 0.3) is 18.2 Å². The number of aromatic nitrogens is 5. The van der Waals surface area contributed by atoms with Gasteiger partial charge >= 0.3 is 0 Å². The van der Waals surface area contributed by atoms with Crippen molar-refractivity contribution in [2.45, 2.75) is 39.4 Å². The Labute approximate surface area is 324 Å². The number of aryl methyl sites for hydroxylation is 4. The molecule has 1 aliphatic heterocycles. The average molecular weight is 749 g/mol. The van der Waals surface area contributed by atoms with Gasteiger partial charge in [-0.05, 0) is 47.0 Å². The highest BCUT2D eigenvalue weighted by atomic mass is 33.1. The Hall–Kier alpha value is -4.77. The van der Waals surface area contributed by atoms with Gasteiger partial charge in [0.15, 0.2) is 12.4 Å². The zero-order valence-corrected chi connectivity index (χ0v) is 33.0. The van der Waals surface area contributed by atoms with Crippen LogP contribution in [0.2, 0.25) is 0 Å². The molecule has 3 aromatic heterocycles. The van der Waals surface area contributed by atoms with Crippen LogP contribution < -0.4 is 29.2 Å². The largest absolute Gasteiger partial charge is 0.385 e. The second-order valence-electron chi connectivity index (χ2n) is 13.0. The number of rotatable bonds is 19. The summed E-state index contributed by atoms with van der Waals surface area (Å²) in [7, 11) is 8.03. The molecule has 6 rings (SSSR count). The first-order valence-corrected chi connectivity index (χ1v) is 21.0. The number of benzene rings is 2. The molecule has 0 fully saturated rings. The van der Waals surface area contributed by atoms with Gasteiger partial charge in [0.05, 0.1) is 32.9 Å². The van der Waals surface area contributed by atoms with Crippen LogP contribution >= 0.6 is 21.6 Å². The molecule has 0 spiro atoms. The minimum Gasteiger partial charge on any atom is -0.385 e. The lowest BCUT2D eigenvalue weighted by Gasteiger charge is -2.05. The Kier molecular flexibility index (Phi) is 16.6. The third-order valence-corrected chi connectivity index (χ3v) is 11.0. The van der Waals surface area contributed by atoms with Gasteiger partial charge in [-0.1, -0.05) is 71.0 Å². The Bertz CT molecular complexity index is 1870. The molecule has 0 amide bonds. The highest BCUT2D eigenvalue weighted by Gasteiger charge is 2.05. The van der Waals surface area contributed by atoms with Gasteiger partial charge in [0.2, 0.25) is 12.7 Å². The SMILES string of the molecule is CCSSCCn1cc[n+](CCCNc2ccc(/C=C/c3cc[n+](C)cc3)cc2)c1.C[NH+]1C=CC(/C=C/c2ccc(NCCC[n+]3cc[nH]c3)cc2)=C1. The molecule has 276 valence electrons. The summed E-state index contributed by atoms with van der Waals surface area (Å²) in [6.45, 7) is 7.28. The molecule has 5 aromatic rings. The number of aromatic amines is 1. The Morgan fingerprint density at radius 1 is 0.755 bits per heavy atom. The minimum atomic E-state index is 0.970. The molecule has 0 radical (unpaired) electrons. The van der Waals surface area contributed by atoms with Crippen molar-refractivity contribution in [3.8, 4) is 0 Å². The first kappa shape index (κ1) is 39.4. The van der Waals surface area contributed by atoms with Crippen molar-refractivity contribution < 1.29 is 18.6 Å². The van der Waals surface area contributed by atoms with Crippen LogP contribution in [-0.4, -0.2) is 41.2 Å². The molecule has 0 saturated heterocycles. The molecule has 4 N–H and O–H groups in total. The third-order valence-electron chi connectivity index (χ3n) is 8.52. The van der Waals surface area contributed by atoms with Crippen LogP contribution in [0.3, 0.4) is 0 Å². The van der Waals surface area contributed by atoms with E-state index >= 15 is 0 Å². The molecule has 0 aliphatic carbocycles. The van der Waals surface area contributed by atoms with Gasteiger partial charge in [0.25, 0.3) is 0 Å². The molecular weight excluding hydrogens is 693 g/mol. The number of anilines is 2. The smallest absolute Gasteiger partial charge is 0.243 e. The van der Waals surface area contributed by atoms with Crippen molar-refractivity contribution in [3.63, 3.8) is 0 Å². The van der Waals surface area contributed by atoms with Gasteiger partial charge in [-0.25, -0.2) is 18.3 Å². The zero-order valence-electron chi connectivity index (χ0n) is 31.4. The van der Waals surface area contributed by atoms with E-state index < -0.39 is 0 Å². The van der Waals surface area contributed by atoms with Crippen molar-refractivity contribution in [1.82, 2.24) is 9.55 Å². The molecule has 1 atom stereocenters. The molecular formula is C43H56N8S2+4. The van der Waals surface area contributed by atoms with Crippen LogP contribution in [0.5, 0.6) is 0 Å². The fourth-order valence-electron chi connectivity index (χ4n) is 5.56. The Morgan fingerprint density at radius 2 is 1.38 bits per heavy atom. The van der Waals surface area contributed by atoms with Crippen LogP contribution in [0.15, 0.2) is 141 Å². The van der Waals surface area contributed by atoms with E-state index in [0.29, 0.717) is 0 Å². The van der Waals surface area contributed by atoms with Crippen LogP contribution in [0.1, 0.15) is 36.5 Å². The highest BCUT2D eigenvalue weighted by Crippen LogP contribution is 2.20. The number of nitrogens with zero attached hydrogens (tertiary/aromatic N) is 4. The van der Waals surface area contributed by atoms with Gasteiger partial charge in [0, 0.05) is 72.6 Å². The minimum absolute atomic E-state index is 0.970. The lowest BCUT2D eigenvalue weighted by molar-refractivity contribution is -0.763. The monoisotopic (exact) mass is 748 g/mol. The maximum absolute atomic E-state index is 3.52. The van der Waals surface area contributed by atoms with Gasteiger partial charge in [-0.15, -0.1) is 0 Å². The van der Waals surface area contributed by atoms with E-state index in [0.717, 1.165) is 51.3 Å². The summed E-state index contributed by atoms with van der Waals surface area (Å²) in [6.07, 6.45) is 33.9. The second-order valence-corrected chi connectivity index (χ2v) is 15.8. The van der Waals surface area contributed by atoms with Gasteiger partial charge in [-0.2, -0.15) is 0 Å². The lowest BCUT2D eigenvalue weighted by atomic mass is 10.1. The van der Waals surface area contributed by atoms with Crippen LogP contribution in [0, 0.1) is 0 Å². The quantitative estimate of drug-likeness (QED) is 0.0448. The van der Waals surface area contributed by atoms with E-state index in [1.807, 2.05) is 45.7 Å². The standard InChI is InChI=1S/C24H31N4S2.C19H22N4/c1-3-29-30-20-19-28-18-17-27(21-28)14-4-13-25-24-9-7-22(8-10-24)5-6-23-11-15-26(2)16-12-23;1-22-13-9-18(15-22)4-3-17-5-7-19(8-6-17)21-10-2-12-23-14-11-20-16-23/h5-12,15-18,21H,3-4,13-14,19-20H2,1-2H3;3-9,11,13-16,21H,2,10,12H2,1H3/q+1;/p+3/b;4-3+. The molecule has 1 aliphatic rings. The van der Waals surface area contributed by atoms with Gasteiger partial charge in [-0.3, -0.25) is 9.88 Å². The number of pyridine rings is 1. The van der Waals surface area contributed by atoms with E-state index in [4.69, 9.17) is 0 Å². The average Bonchev–Trinajstić information content (AvgIpc) is 3.97. The molecule has 10 heteroatoms. The summed E-state index contributed by atoms with van der Waals surface area (Å²) in [5.41, 5.74) is 7.24. The number of H-pyrrole nitrogens is 1. The maximum atomic E-state index is 3.52. The predicted molar refractivity (Wildman–Crippen MR) is 225 cm³/mol. The molecule has 2 aromatic carbocycles. The highest BCUT2D eigenvalue weighted by molar-refractivity contribution is 8.76. The van der Waals surface area contributed by atoms with E-state index in [-0.39, 0.29) is 0 Å². The summed E-state index contributed by atoms with van der Waals surface area (Å²) < 4.78 is 8.74. The Balaban J connectivity index is 0.000000211. The Morgan fingerprint density at radius 3 is 1.96 bits per heavy atom. The van der Waals surface area contributed by atoms with Crippen molar-refractivity contribution in [2.75, 3.05) is 42.3 Å². The molecule has 4 heterocycles. The number of imidazole rings is 2. The molecule has 53 heavy (non-hydrogen) atoms. The molecule has 8 nitrogen and oxygen atoms in total. The molecule has 1 unspecified atom stereocenters. The number of allylic oxidation sites excluding steroid dienone is 3. The van der Waals surface area contributed by atoms with Crippen molar-refractivity contribution >= 4 is 51.2 Å². The second kappa shape index (κ2) is 22.3. The zero-order chi connectivity index (χ0) is 36.9. The normalized spacial score (nSPS) is 13.7. The number of hydrogen-bond acceptors (Lipinski definition) is 4. The van der Waals surface area contributed by atoms with Crippen LogP contribution in [-0.2, 0) is 26.7 Å². The molecule has 0 bridgehead atoms. The summed E-state index contributed by atoms with van der Waals surface area (Å²) in [4.78, 5) is 4.36. The van der Waals surface area contributed by atoms with Crippen molar-refractivity contribution in [3.05, 3.63) is 157 Å². The fraction of sp³-hybridized carbons (Fsp3) is 0.279.